The average molecular weight is 259 g/mol. The molecule has 0 saturated carbocycles. The van der Waals surface area contributed by atoms with Crippen molar-refractivity contribution in [2.24, 2.45) is 7.05 Å². The second-order valence-electron chi connectivity index (χ2n) is 4.30. The van der Waals surface area contributed by atoms with E-state index >= 15 is 0 Å². The molecule has 3 heterocycles. The standard InChI is InChI=1S/C9H13N3O2S2/c1-11-4-9(10-6-11)16(13,14)12-3-8-2-7(12)5-15-8/h4,6-8H,2-3,5H2,1H3. The molecular weight excluding hydrogens is 246 g/mol. The van der Waals surface area contributed by atoms with Gasteiger partial charge in [0.15, 0.2) is 5.03 Å². The number of hydrogen-bond acceptors (Lipinski definition) is 4. The van der Waals surface area contributed by atoms with Gasteiger partial charge in [0.05, 0.1) is 6.33 Å². The van der Waals surface area contributed by atoms with Crippen LogP contribution in [0.2, 0.25) is 0 Å². The Balaban J connectivity index is 1.94. The summed E-state index contributed by atoms with van der Waals surface area (Å²) in [7, 11) is -1.58. The fourth-order valence-corrected chi connectivity index (χ4v) is 5.57. The van der Waals surface area contributed by atoms with Gasteiger partial charge < -0.3 is 4.57 Å². The number of rotatable bonds is 2. The summed E-state index contributed by atoms with van der Waals surface area (Å²) in [6.45, 7) is 0.647. The normalized spacial score (nSPS) is 30.1. The van der Waals surface area contributed by atoms with E-state index < -0.39 is 10.0 Å². The highest BCUT2D eigenvalue weighted by Crippen LogP contribution is 2.39. The van der Waals surface area contributed by atoms with Gasteiger partial charge in [0, 0.05) is 36.8 Å². The van der Waals surface area contributed by atoms with Crippen molar-refractivity contribution >= 4 is 21.8 Å². The molecule has 0 aliphatic carbocycles. The molecule has 2 aliphatic rings. The van der Waals surface area contributed by atoms with Crippen LogP contribution < -0.4 is 0 Å². The van der Waals surface area contributed by atoms with Crippen molar-refractivity contribution in [2.75, 3.05) is 12.3 Å². The van der Waals surface area contributed by atoms with Crippen LogP contribution in [0.3, 0.4) is 0 Å². The Morgan fingerprint density at radius 1 is 1.56 bits per heavy atom. The molecule has 2 unspecified atom stereocenters. The quantitative estimate of drug-likeness (QED) is 0.766. The summed E-state index contributed by atoms with van der Waals surface area (Å²) >= 11 is 1.88. The van der Waals surface area contributed by atoms with Crippen molar-refractivity contribution in [3.05, 3.63) is 12.5 Å². The zero-order valence-electron chi connectivity index (χ0n) is 8.91. The summed E-state index contributed by atoms with van der Waals surface area (Å²) in [4.78, 5) is 3.94. The molecule has 7 heteroatoms. The first kappa shape index (κ1) is 10.6. The lowest BCUT2D eigenvalue weighted by Gasteiger charge is -2.24. The Kier molecular flexibility index (Phi) is 2.31. The van der Waals surface area contributed by atoms with Crippen molar-refractivity contribution < 1.29 is 8.42 Å². The monoisotopic (exact) mass is 259 g/mol. The van der Waals surface area contributed by atoms with E-state index in [1.165, 1.54) is 6.33 Å². The molecule has 2 fully saturated rings. The van der Waals surface area contributed by atoms with Crippen LogP contribution in [0.1, 0.15) is 6.42 Å². The highest BCUT2D eigenvalue weighted by atomic mass is 32.2. The van der Waals surface area contributed by atoms with E-state index in [2.05, 4.69) is 4.98 Å². The molecule has 2 bridgehead atoms. The molecular formula is C9H13N3O2S2. The van der Waals surface area contributed by atoms with Crippen LogP contribution in [0, 0.1) is 0 Å². The van der Waals surface area contributed by atoms with E-state index in [1.54, 1.807) is 22.1 Å². The maximum absolute atomic E-state index is 12.3. The Morgan fingerprint density at radius 3 is 2.88 bits per heavy atom. The number of sulfonamides is 1. The molecule has 0 radical (unpaired) electrons. The summed E-state index contributed by atoms with van der Waals surface area (Å²) in [6.07, 6.45) is 4.08. The third-order valence-electron chi connectivity index (χ3n) is 3.10. The van der Waals surface area contributed by atoms with Crippen LogP contribution >= 0.6 is 11.8 Å². The number of imidazole rings is 1. The molecule has 2 aliphatic heterocycles. The molecule has 1 aromatic heterocycles. The molecule has 0 amide bonds. The fraction of sp³-hybridized carbons (Fsp3) is 0.667. The van der Waals surface area contributed by atoms with Gasteiger partial charge in [-0.3, -0.25) is 0 Å². The number of nitrogens with zero attached hydrogens (tertiary/aromatic N) is 3. The summed E-state index contributed by atoms with van der Waals surface area (Å²) in [5, 5.41) is 0.663. The SMILES string of the molecule is Cn1cnc(S(=O)(=O)N2CC3CC2CS3)c1. The van der Waals surface area contributed by atoms with Crippen LogP contribution in [0.5, 0.6) is 0 Å². The van der Waals surface area contributed by atoms with Crippen LogP contribution in [0.15, 0.2) is 17.6 Å². The van der Waals surface area contributed by atoms with Crippen molar-refractivity contribution in [1.82, 2.24) is 13.9 Å². The van der Waals surface area contributed by atoms with E-state index in [9.17, 15) is 8.42 Å². The Morgan fingerprint density at radius 2 is 2.38 bits per heavy atom. The van der Waals surface area contributed by atoms with Crippen LogP contribution in [-0.2, 0) is 17.1 Å². The molecule has 2 saturated heterocycles. The Hall–Kier alpha value is -0.530. The average Bonchev–Trinajstić information content (AvgIpc) is 2.91. The first-order valence-electron chi connectivity index (χ1n) is 5.19. The van der Waals surface area contributed by atoms with Gasteiger partial charge in [-0.2, -0.15) is 16.1 Å². The predicted molar refractivity (Wildman–Crippen MR) is 61.8 cm³/mol. The van der Waals surface area contributed by atoms with Gasteiger partial charge in [0.2, 0.25) is 0 Å². The predicted octanol–water partition coefficient (Wildman–Crippen LogP) is 0.298. The lowest BCUT2D eigenvalue weighted by molar-refractivity contribution is 0.408. The first-order valence-corrected chi connectivity index (χ1v) is 7.67. The van der Waals surface area contributed by atoms with Crippen LogP contribution in [-0.4, -0.2) is 45.9 Å². The van der Waals surface area contributed by atoms with Gasteiger partial charge in [0.25, 0.3) is 10.0 Å². The minimum Gasteiger partial charge on any atom is -0.339 e. The van der Waals surface area contributed by atoms with E-state index in [0.717, 1.165) is 12.2 Å². The van der Waals surface area contributed by atoms with Gasteiger partial charge in [0.1, 0.15) is 0 Å². The molecule has 3 rings (SSSR count). The van der Waals surface area contributed by atoms with Crippen LogP contribution in [0.4, 0.5) is 0 Å². The van der Waals surface area contributed by atoms with E-state index in [-0.39, 0.29) is 11.1 Å². The lowest BCUT2D eigenvalue weighted by Crippen LogP contribution is -2.39. The summed E-state index contributed by atoms with van der Waals surface area (Å²) < 4.78 is 27.8. The molecule has 88 valence electrons. The number of aryl methyl sites for hydroxylation is 1. The van der Waals surface area contributed by atoms with E-state index in [4.69, 9.17) is 0 Å². The summed E-state index contributed by atoms with van der Waals surface area (Å²) in [5.41, 5.74) is 0. The highest BCUT2D eigenvalue weighted by Gasteiger charge is 2.45. The minimum absolute atomic E-state index is 0.174. The topological polar surface area (TPSA) is 55.2 Å². The highest BCUT2D eigenvalue weighted by molar-refractivity contribution is 8.00. The zero-order chi connectivity index (χ0) is 11.3. The van der Waals surface area contributed by atoms with E-state index in [0.29, 0.717) is 11.8 Å². The van der Waals surface area contributed by atoms with Gasteiger partial charge in [-0.05, 0) is 6.42 Å². The molecule has 0 spiro atoms. The van der Waals surface area contributed by atoms with Gasteiger partial charge in [-0.15, -0.1) is 0 Å². The molecule has 2 atom stereocenters. The van der Waals surface area contributed by atoms with Gasteiger partial charge in [-0.25, -0.2) is 13.4 Å². The first-order chi connectivity index (χ1) is 7.57. The van der Waals surface area contributed by atoms with Crippen LogP contribution in [0.25, 0.3) is 0 Å². The minimum atomic E-state index is -3.36. The molecule has 0 aromatic carbocycles. The molecule has 1 aromatic rings. The van der Waals surface area contributed by atoms with Crippen molar-refractivity contribution in [2.45, 2.75) is 22.7 Å². The van der Waals surface area contributed by atoms with Crippen molar-refractivity contribution in [3.8, 4) is 0 Å². The molecule has 5 nitrogen and oxygen atoms in total. The molecule has 0 N–H and O–H groups in total. The van der Waals surface area contributed by atoms with Gasteiger partial charge >= 0.3 is 0 Å². The Labute approximate surface area is 98.9 Å². The number of thioether (sulfide) groups is 1. The number of fused-ring (bicyclic) bond motifs is 2. The maximum atomic E-state index is 12.3. The van der Waals surface area contributed by atoms with Gasteiger partial charge in [-0.1, -0.05) is 0 Å². The summed E-state index contributed by atoms with van der Waals surface area (Å²) in [6, 6.07) is 0.182. The van der Waals surface area contributed by atoms with Crippen molar-refractivity contribution in [3.63, 3.8) is 0 Å². The second-order valence-corrected chi connectivity index (χ2v) is 7.47. The lowest BCUT2D eigenvalue weighted by atomic mass is 10.3. The third-order valence-corrected chi connectivity index (χ3v) is 6.30. The second kappa shape index (κ2) is 3.48. The van der Waals surface area contributed by atoms with E-state index in [1.807, 2.05) is 11.8 Å². The fourth-order valence-electron chi connectivity index (χ4n) is 2.30. The Bertz CT molecular complexity index is 511. The molecule has 16 heavy (non-hydrogen) atoms. The largest absolute Gasteiger partial charge is 0.339 e. The summed E-state index contributed by atoms with van der Waals surface area (Å²) in [5.74, 6) is 0.927. The number of aromatic nitrogens is 2. The number of hydrogen-bond donors (Lipinski definition) is 0. The zero-order valence-corrected chi connectivity index (χ0v) is 10.5. The third kappa shape index (κ3) is 1.49. The van der Waals surface area contributed by atoms with Crippen molar-refractivity contribution in [1.29, 1.82) is 0 Å². The maximum Gasteiger partial charge on any atom is 0.262 e. The smallest absolute Gasteiger partial charge is 0.262 e.